The van der Waals surface area contributed by atoms with Crippen LogP contribution in [0.3, 0.4) is 0 Å². The van der Waals surface area contributed by atoms with Gasteiger partial charge in [0.2, 0.25) is 5.91 Å². The first-order chi connectivity index (χ1) is 22.8. The minimum absolute atomic E-state index is 0.0447. The first-order valence-electron chi connectivity index (χ1n) is 17.5. The van der Waals surface area contributed by atoms with Crippen molar-refractivity contribution in [1.29, 1.82) is 0 Å². The molecule has 3 rings (SSSR count). The van der Waals surface area contributed by atoms with Crippen LogP contribution in [-0.4, -0.2) is 49.3 Å². The molecule has 1 fully saturated rings. The van der Waals surface area contributed by atoms with E-state index in [4.69, 9.17) is 10.5 Å². The number of hydrogen-bond acceptors (Lipinski definition) is 6. The molecule has 1 aliphatic heterocycles. The van der Waals surface area contributed by atoms with Crippen LogP contribution in [0.2, 0.25) is 0 Å². The zero-order valence-electron chi connectivity index (χ0n) is 28.3. The molecule has 2 aromatic rings. The zero-order valence-corrected chi connectivity index (χ0v) is 28.3. The number of rotatable bonds is 21. The standard InChI is InChI=1S/C38H53N3O6/c1-3-4-5-6-7-8-9-10-11-12-13-14-15-16-25-47-38(45)41-36(39)31-23-19-29(20-24-31)28-17-21-30(22-18-28)35(43)33-26-32(37(44)40-33)27-34(42)46-2/h17-24,32-33H,3-16,25-27H2,1-2H3,(H,40,44)(H2,39,41,45)/t32-,33-/m0/s1. The SMILES string of the molecule is CCCCCCCCCCCCCCCCOC(=O)N=C(N)c1ccc(-c2ccc(C(=O)[C@@H]3C[C@@H](CC(=O)OC)C(=O)N3)cc2)cc1. The maximum Gasteiger partial charge on any atom is 0.435 e. The summed E-state index contributed by atoms with van der Waals surface area (Å²) in [6.07, 6.45) is 17.3. The Bertz CT molecular complexity index is 1310. The fourth-order valence-electron chi connectivity index (χ4n) is 5.89. The van der Waals surface area contributed by atoms with E-state index in [-0.39, 0.29) is 30.4 Å². The third-order valence-corrected chi connectivity index (χ3v) is 8.78. The number of ether oxygens (including phenoxy) is 2. The molecule has 2 amide bonds. The van der Waals surface area contributed by atoms with Gasteiger partial charge in [-0.05, 0) is 24.0 Å². The van der Waals surface area contributed by atoms with Gasteiger partial charge in [0, 0.05) is 11.1 Å². The maximum absolute atomic E-state index is 13.0. The molecule has 2 aromatic carbocycles. The van der Waals surface area contributed by atoms with Gasteiger partial charge >= 0.3 is 12.1 Å². The van der Waals surface area contributed by atoms with E-state index in [1.165, 1.54) is 77.7 Å². The molecule has 0 radical (unpaired) electrons. The Morgan fingerprint density at radius 1 is 0.766 bits per heavy atom. The van der Waals surface area contributed by atoms with Crippen molar-refractivity contribution in [3.05, 3.63) is 59.7 Å². The number of aliphatic imine (C=N–C) groups is 1. The second kappa shape index (κ2) is 21.0. The molecule has 0 unspecified atom stereocenters. The van der Waals surface area contributed by atoms with E-state index in [0.29, 0.717) is 17.7 Å². The molecule has 0 spiro atoms. The first-order valence-corrected chi connectivity index (χ1v) is 17.5. The topological polar surface area (TPSA) is 137 Å². The normalized spacial score (nSPS) is 16.1. The molecule has 1 heterocycles. The van der Waals surface area contributed by atoms with Gasteiger partial charge in [0.05, 0.1) is 32.1 Å². The van der Waals surface area contributed by atoms with E-state index >= 15 is 0 Å². The summed E-state index contributed by atoms with van der Waals surface area (Å²) in [5.74, 6) is -1.47. The third kappa shape index (κ3) is 13.3. The number of carbonyl (C=O) groups excluding carboxylic acids is 4. The van der Waals surface area contributed by atoms with Crippen LogP contribution >= 0.6 is 0 Å². The maximum atomic E-state index is 13.0. The van der Waals surface area contributed by atoms with Crippen molar-refractivity contribution in [2.45, 2.75) is 116 Å². The van der Waals surface area contributed by atoms with Crippen LogP contribution in [-0.2, 0) is 19.1 Å². The van der Waals surface area contributed by atoms with Gasteiger partial charge in [0.15, 0.2) is 5.78 Å². The van der Waals surface area contributed by atoms with Crippen molar-refractivity contribution < 1.29 is 28.7 Å². The Kier molecular flexibility index (Phi) is 16.7. The molecule has 1 aliphatic rings. The van der Waals surface area contributed by atoms with Crippen LogP contribution in [0.4, 0.5) is 4.79 Å². The number of nitrogens with zero attached hydrogens (tertiary/aromatic N) is 1. The molecule has 1 saturated heterocycles. The van der Waals surface area contributed by atoms with Crippen LogP contribution in [0.15, 0.2) is 53.5 Å². The zero-order chi connectivity index (χ0) is 33.9. The van der Waals surface area contributed by atoms with Crippen LogP contribution in [0.1, 0.15) is 126 Å². The minimum atomic E-state index is -0.684. The highest BCUT2D eigenvalue weighted by atomic mass is 16.5. The van der Waals surface area contributed by atoms with E-state index in [1.54, 1.807) is 24.3 Å². The molecule has 256 valence electrons. The third-order valence-electron chi connectivity index (χ3n) is 8.78. The average molecular weight is 648 g/mol. The predicted molar refractivity (Wildman–Crippen MR) is 185 cm³/mol. The van der Waals surface area contributed by atoms with Crippen molar-refractivity contribution in [2.24, 2.45) is 16.6 Å². The number of Topliss-reactive ketones (excluding diaryl/α,β-unsaturated/α-hetero) is 1. The molecule has 2 atom stereocenters. The number of unbranched alkanes of at least 4 members (excludes halogenated alkanes) is 13. The molecule has 0 saturated carbocycles. The lowest BCUT2D eigenvalue weighted by Crippen LogP contribution is -2.33. The number of nitrogens with one attached hydrogen (secondary N) is 1. The van der Waals surface area contributed by atoms with Crippen molar-refractivity contribution >= 4 is 29.6 Å². The summed E-state index contributed by atoms with van der Waals surface area (Å²) >= 11 is 0. The summed E-state index contributed by atoms with van der Waals surface area (Å²) in [6, 6.07) is 13.7. The Hall–Kier alpha value is -4.01. The summed E-state index contributed by atoms with van der Waals surface area (Å²) in [7, 11) is 1.27. The van der Waals surface area contributed by atoms with E-state index in [9.17, 15) is 19.2 Å². The fraction of sp³-hybridized carbons (Fsp3) is 0.553. The fourth-order valence-corrected chi connectivity index (χ4v) is 5.89. The lowest BCUT2D eigenvalue weighted by molar-refractivity contribution is -0.143. The van der Waals surface area contributed by atoms with Crippen molar-refractivity contribution in [2.75, 3.05) is 13.7 Å². The van der Waals surface area contributed by atoms with E-state index in [2.05, 4.69) is 22.0 Å². The molecular formula is C38H53N3O6. The van der Waals surface area contributed by atoms with Crippen LogP contribution in [0, 0.1) is 5.92 Å². The van der Waals surface area contributed by atoms with Crippen molar-refractivity contribution in [3.63, 3.8) is 0 Å². The second-order valence-corrected chi connectivity index (χ2v) is 12.5. The summed E-state index contributed by atoms with van der Waals surface area (Å²) < 4.78 is 9.90. The number of amides is 2. The van der Waals surface area contributed by atoms with Gasteiger partial charge < -0.3 is 20.5 Å². The minimum Gasteiger partial charge on any atom is -0.469 e. The molecule has 0 bridgehead atoms. The highest BCUT2D eigenvalue weighted by Crippen LogP contribution is 2.25. The number of methoxy groups -OCH3 is 1. The molecule has 9 heteroatoms. The Morgan fingerprint density at radius 2 is 1.26 bits per heavy atom. The molecular weight excluding hydrogens is 594 g/mol. The lowest BCUT2D eigenvalue weighted by atomic mass is 9.95. The van der Waals surface area contributed by atoms with Gasteiger partial charge in [-0.15, -0.1) is 0 Å². The first kappa shape index (κ1) is 37.4. The summed E-state index contributed by atoms with van der Waals surface area (Å²) in [4.78, 5) is 52.7. The second-order valence-electron chi connectivity index (χ2n) is 12.5. The van der Waals surface area contributed by atoms with Crippen molar-refractivity contribution in [1.82, 2.24) is 5.32 Å². The van der Waals surface area contributed by atoms with Gasteiger partial charge in [0.1, 0.15) is 5.84 Å². The quantitative estimate of drug-likeness (QED) is 0.0461. The lowest BCUT2D eigenvalue weighted by Gasteiger charge is -2.10. The number of nitrogens with two attached hydrogens (primary N) is 1. The van der Waals surface area contributed by atoms with Gasteiger partial charge in [-0.1, -0.05) is 139 Å². The summed E-state index contributed by atoms with van der Waals surface area (Å²) in [6.45, 7) is 2.60. The van der Waals surface area contributed by atoms with Gasteiger partial charge in [-0.2, -0.15) is 4.99 Å². The Balaban J connectivity index is 1.32. The highest BCUT2D eigenvalue weighted by Gasteiger charge is 2.37. The molecule has 3 N–H and O–H groups in total. The molecule has 47 heavy (non-hydrogen) atoms. The summed E-state index contributed by atoms with van der Waals surface area (Å²) in [5.41, 5.74) is 8.92. The van der Waals surface area contributed by atoms with Gasteiger partial charge in [-0.3, -0.25) is 14.4 Å². The molecule has 0 aromatic heterocycles. The summed E-state index contributed by atoms with van der Waals surface area (Å²) in [5, 5.41) is 2.69. The Morgan fingerprint density at radius 3 is 1.77 bits per heavy atom. The number of carbonyl (C=O) groups is 4. The van der Waals surface area contributed by atoms with E-state index < -0.39 is 24.0 Å². The van der Waals surface area contributed by atoms with Crippen LogP contribution < -0.4 is 11.1 Å². The highest BCUT2D eigenvalue weighted by molar-refractivity contribution is 6.05. The molecule has 9 nitrogen and oxygen atoms in total. The average Bonchev–Trinajstić information content (AvgIpc) is 3.45. The molecule has 0 aliphatic carbocycles. The smallest absolute Gasteiger partial charge is 0.435 e. The van der Waals surface area contributed by atoms with Crippen molar-refractivity contribution in [3.8, 4) is 11.1 Å². The van der Waals surface area contributed by atoms with Gasteiger partial charge in [0.25, 0.3) is 0 Å². The number of ketones is 1. The van der Waals surface area contributed by atoms with Gasteiger partial charge in [-0.25, -0.2) is 4.79 Å². The number of esters is 1. The van der Waals surface area contributed by atoms with E-state index in [1.807, 2.05) is 24.3 Å². The largest absolute Gasteiger partial charge is 0.469 e. The Labute approximate surface area is 280 Å². The number of benzene rings is 2. The predicted octanol–water partition coefficient (Wildman–Crippen LogP) is 7.93. The number of amidine groups is 1. The monoisotopic (exact) mass is 647 g/mol. The van der Waals surface area contributed by atoms with E-state index in [0.717, 1.165) is 30.4 Å². The number of hydrogen-bond donors (Lipinski definition) is 2. The van der Waals surface area contributed by atoms with Crippen LogP contribution in [0.5, 0.6) is 0 Å². The van der Waals surface area contributed by atoms with Crippen LogP contribution in [0.25, 0.3) is 11.1 Å².